The van der Waals surface area contributed by atoms with E-state index in [1.807, 2.05) is 6.92 Å². The van der Waals surface area contributed by atoms with E-state index in [9.17, 15) is 4.79 Å². The van der Waals surface area contributed by atoms with Gasteiger partial charge in [0.2, 0.25) is 5.91 Å². The molecule has 8 heteroatoms. The van der Waals surface area contributed by atoms with E-state index in [0.717, 1.165) is 62.0 Å². The minimum absolute atomic E-state index is 0. The molecule has 2 N–H and O–H groups in total. The average Bonchev–Trinajstić information content (AvgIpc) is 3.30. The molecule has 1 unspecified atom stereocenters. The summed E-state index contributed by atoms with van der Waals surface area (Å²) >= 11 is 1.69. The van der Waals surface area contributed by atoms with Crippen molar-refractivity contribution in [1.82, 2.24) is 20.5 Å². The van der Waals surface area contributed by atoms with Gasteiger partial charge < -0.3 is 15.5 Å². The number of carbonyl (C=O) groups excluding carboxylic acids is 1. The number of aliphatic imine (C=N–C) groups is 1. The first-order valence-corrected chi connectivity index (χ1v) is 10.7. The van der Waals surface area contributed by atoms with Gasteiger partial charge in [0.1, 0.15) is 0 Å². The van der Waals surface area contributed by atoms with Gasteiger partial charge in [-0.05, 0) is 26.2 Å². The summed E-state index contributed by atoms with van der Waals surface area (Å²) in [6.45, 7) is 4.49. The van der Waals surface area contributed by atoms with Gasteiger partial charge >= 0.3 is 0 Å². The zero-order valence-corrected chi connectivity index (χ0v) is 19.5. The van der Waals surface area contributed by atoms with Crippen LogP contribution < -0.4 is 10.6 Å². The van der Waals surface area contributed by atoms with Gasteiger partial charge in [-0.1, -0.05) is 19.3 Å². The van der Waals surface area contributed by atoms with E-state index in [1.54, 1.807) is 18.4 Å². The number of amides is 1. The van der Waals surface area contributed by atoms with Crippen molar-refractivity contribution in [3.05, 3.63) is 16.1 Å². The van der Waals surface area contributed by atoms with E-state index in [0.29, 0.717) is 5.91 Å². The van der Waals surface area contributed by atoms with E-state index >= 15 is 0 Å². The number of aryl methyl sites for hydroxylation is 1. The molecule has 0 bridgehead atoms. The van der Waals surface area contributed by atoms with Gasteiger partial charge in [0.25, 0.3) is 0 Å². The number of thiazole rings is 1. The third-order valence-corrected chi connectivity index (χ3v) is 6.18. The molecule has 2 heterocycles. The highest BCUT2D eigenvalue weighted by Gasteiger charge is 2.31. The Bertz CT molecular complexity index is 629. The second-order valence-corrected chi connectivity index (χ2v) is 8.42. The molecule has 1 saturated heterocycles. The van der Waals surface area contributed by atoms with Crippen LogP contribution in [0.3, 0.4) is 0 Å². The summed E-state index contributed by atoms with van der Waals surface area (Å²) < 4.78 is 0. The number of rotatable bonds is 5. The van der Waals surface area contributed by atoms with Gasteiger partial charge in [-0.25, -0.2) is 4.98 Å². The molecule has 152 valence electrons. The molecule has 27 heavy (non-hydrogen) atoms. The minimum Gasteiger partial charge on any atom is -0.356 e. The number of aromatic nitrogens is 1. The largest absolute Gasteiger partial charge is 0.356 e. The lowest BCUT2D eigenvalue weighted by atomic mass is 9.88. The van der Waals surface area contributed by atoms with Crippen LogP contribution in [0.2, 0.25) is 0 Å². The number of hydrogen-bond donors (Lipinski definition) is 2. The van der Waals surface area contributed by atoms with Crippen LogP contribution in [0.1, 0.15) is 49.2 Å². The zero-order valence-electron chi connectivity index (χ0n) is 16.4. The summed E-state index contributed by atoms with van der Waals surface area (Å²) in [7, 11) is 1.79. The lowest BCUT2D eigenvalue weighted by Crippen LogP contribution is -2.46. The SMILES string of the molecule is CN=C(NCCc1csc(C)n1)NC1CCN(C(=O)C2CCCCC2)C1.I. The van der Waals surface area contributed by atoms with Gasteiger partial charge in [0.05, 0.1) is 10.7 Å². The first-order valence-electron chi connectivity index (χ1n) is 9.82. The van der Waals surface area contributed by atoms with Crippen molar-refractivity contribution in [3.63, 3.8) is 0 Å². The molecule has 1 aliphatic heterocycles. The van der Waals surface area contributed by atoms with E-state index in [-0.39, 0.29) is 35.9 Å². The van der Waals surface area contributed by atoms with Gasteiger partial charge in [0, 0.05) is 50.4 Å². The Hall–Kier alpha value is -0.900. The molecule has 3 rings (SSSR count). The van der Waals surface area contributed by atoms with E-state index in [2.05, 4.69) is 30.9 Å². The molecular weight excluding hydrogens is 473 g/mol. The quantitative estimate of drug-likeness (QED) is 0.367. The predicted molar refractivity (Wildman–Crippen MR) is 122 cm³/mol. The summed E-state index contributed by atoms with van der Waals surface area (Å²) in [5.74, 6) is 1.45. The Kier molecular flexibility index (Phi) is 9.28. The summed E-state index contributed by atoms with van der Waals surface area (Å²) in [5, 5.41) is 10.1. The minimum atomic E-state index is 0. The number of nitrogens with one attached hydrogen (secondary N) is 2. The molecule has 2 aliphatic rings. The molecule has 0 radical (unpaired) electrons. The Morgan fingerprint density at radius 3 is 2.78 bits per heavy atom. The topological polar surface area (TPSA) is 69.6 Å². The second kappa shape index (κ2) is 11.2. The highest BCUT2D eigenvalue weighted by atomic mass is 127. The molecular formula is C19H32IN5OS. The Labute approximate surface area is 183 Å². The predicted octanol–water partition coefficient (Wildman–Crippen LogP) is 2.96. The maximum Gasteiger partial charge on any atom is 0.225 e. The van der Waals surface area contributed by atoms with E-state index in [4.69, 9.17) is 0 Å². The number of carbonyl (C=O) groups is 1. The zero-order chi connectivity index (χ0) is 18.4. The normalized spacial score (nSPS) is 21.0. The fraction of sp³-hybridized carbons (Fsp3) is 0.737. The van der Waals surface area contributed by atoms with Crippen molar-refractivity contribution in [2.24, 2.45) is 10.9 Å². The third-order valence-electron chi connectivity index (χ3n) is 5.36. The molecule has 6 nitrogen and oxygen atoms in total. The van der Waals surface area contributed by atoms with Crippen molar-refractivity contribution in [2.45, 2.75) is 57.9 Å². The number of likely N-dealkylation sites (tertiary alicyclic amines) is 1. The lowest BCUT2D eigenvalue weighted by Gasteiger charge is -2.26. The maximum absolute atomic E-state index is 12.7. The fourth-order valence-corrected chi connectivity index (χ4v) is 4.55. The summed E-state index contributed by atoms with van der Waals surface area (Å²) in [4.78, 5) is 23.5. The fourth-order valence-electron chi connectivity index (χ4n) is 3.91. The molecule has 1 atom stereocenters. The average molecular weight is 505 g/mol. The lowest BCUT2D eigenvalue weighted by molar-refractivity contribution is -0.135. The highest BCUT2D eigenvalue weighted by Crippen LogP contribution is 2.26. The van der Waals surface area contributed by atoms with Crippen LogP contribution in [0.4, 0.5) is 0 Å². The summed E-state index contributed by atoms with van der Waals surface area (Å²) in [6.07, 6.45) is 7.74. The standard InChI is InChI=1S/C19H31N5OS.HI/c1-14-22-17(13-26-14)8-10-21-19(20-2)23-16-9-11-24(12-16)18(25)15-6-4-3-5-7-15;/h13,15-16H,3-12H2,1-2H3,(H2,20,21,23);1H. The van der Waals surface area contributed by atoms with Crippen molar-refractivity contribution < 1.29 is 4.79 Å². The van der Waals surface area contributed by atoms with Crippen molar-refractivity contribution in [2.75, 3.05) is 26.7 Å². The number of nitrogens with zero attached hydrogens (tertiary/aromatic N) is 3. The summed E-state index contributed by atoms with van der Waals surface area (Å²) in [5.41, 5.74) is 1.13. The first-order chi connectivity index (χ1) is 12.7. The van der Waals surface area contributed by atoms with Gasteiger partial charge in [0.15, 0.2) is 5.96 Å². The molecule has 0 spiro atoms. The smallest absolute Gasteiger partial charge is 0.225 e. The maximum atomic E-state index is 12.7. The monoisotopic (exact) mass is 505 g/mol. The van der Waals surface area contributed by atoms with E-state index in [1.165, 1.54) is 19.3 Å². The van der Waals surface area contributed by atoms with Crippen molar-refractivity contribution >= 4 is 47.2 Å². The highest BCUT2D eigenvalue weighted by molar-refractivity contribution is 14.0. The van der Waals surface area contributed by atoms with Crippen LogP contribution in [-0.2, 0) is 11.2 Å². The van der Waals surface area contributed by atoms with Crippen molar-refractivity contribution in [1.29, 1.82) is 0 Å². The van der Waals surface area contributed by atoms with Crippen molar-refractivity contribution in [3.8, 4) is 0 Å². The van der Waals surface area contributed by atoms with Gasteiger partial charge in [-0.3, -0.25) is 9.79 Å². The molecule has 1 aliphatic carbocycles. The Morgan fingerprint density at radius 1 is 1.33 bits per heavy atom. The van der Waals surface area contributed by atoms with Crippen LogP contribution in [-0.4, -0.2) is 54.5 Å². The molecule has 1 aromatic heterocycles. The van der Waals surface area contributed by atoms with Crippen LogP contribution in [0, 0.1) is 12.8 Å². The molecule has 1 aromatic rings. The Morgan fingerprint density at radius 2 is 2.11 bits per heavy atom. The van der Waals surface area contributed by atoms with Gasteiger partial charge in [-0.15, -0.1) is 35.3 Å². The molecule has 2 fully saturated rings. The van der Waals surface area contributed by atoms with Crippen LogP contribution in [0.5, 0.6) is 0 Å². The third kappa shape index (κ3) is 6.58. The number of guanidine groups is 1. The number of halogens is 1. The summed E-state index contributed by atoms with van der Waals surface area (Å²) in [6, 6.07) is 0.287. The Balaban J connectivity index is 0.00000261. The molecule has 1 amide bonds. The molecule has 1 saturated carbocycles. The van der Waals surface area contributed by atoms with Crippen LogP contribution >= 0.6 is 35.3 Å². The van der Waals surface area contributed by atoms with Gasteiger partial charge in [-0.2, -0.15) is 0 Å². The van der Waals surface area contributed by atoms with Crippen LogP contribution in [0.25, 0.3) is 0 Å². The second-order valence-electron chi connectivity index (χ2n) is 7.36. The first kappa shape index (κ1) is 22.4. The van der Waals surface area contributed by atoms with Crippen LogP contribution in [0.15, 0.2) is 10.4 Å². The van der Waals surface area contributed by atoms with E-state index < -0.39 is 0 Å². The number of hydrogen-bond acceptors (Lipinski definition) is 4. The molecule has 0 aromatic carbocycles.